The van der Waals surface area contributed by atoms with E-state index in [1.54, 1.807) is 7.11 Å². The van der Waals surface area contributed by atoms with Crippen LogP contribution in [0, 0.1) is 0 Å². The van der Waals surface area contributed by atoms with Crippen LogP contribution in [0.1, 0.15) is 19.3 Å². The van der Waals surface area contributed by atoms with Crippen molar-refractivity contribution < 1.29 is 4.74 Å². The Bertz CT molecular complexity index is 515. The summed E-state index contributed by atoms with van der Waals surface area (Å²) in [5.74, 6) is 1.01. The normalized spacial score (nSPS) is 15.7. The van der Waals surface area contributed by atoms with Gasteiger partial charge in [-0.3, -0.25) is 4.99 Å². The summed E-state index contributed by atoms with van der Waals surface area (Å²) in [6.07, 6.45) is 3.44. The molecular formula is C18H29ClN4O. The number of benzene rings is 1. The lowest BCUT2D eigenvalue weighted by molar-refractivity contribution is 0.192. The van der Waals surface area contributed by atoms with Gasteiger partial charge in [0.25, 0.3) is 0 Å². The van der Waals surface area contributed by atoms with Gasteiger partial charge in [0.1, 0.15) is 0 Å². The fourth-order valence-electron chi connectivity index (χ4n) is 2.93. The van der Waals surface area contributed by atoms with Gasteiger partial charge < -0.3 is 19.9 Å². The maximum Gasteiger partial charge on any atom is 0.193 e. The highest BCUT2D eigenvalue weighted by Crippen LogP contribution is 2.20. The molecule has 1 aliphatic rings. The molecule has 0 radical (unpaired) electrons. The highest BCUT2D eigenvalue weighted by molar-refractivity contribution is 6.30. The van der Waals surface area contributed by atoms with E-state index in [0.29, 0.717) is 0 Å². The van der Waals surface area contributed by atoms with Gasteiger partial charge in [0.05, 0.1) is 0 Å². The zero-order chi connectivity index (χ0) is 17.2. The van der Waals surface area contributed by atoms with Crippen LogP contribution in [0.3, 0.4) is 0 Å². The molecule has 1 N–H and O–H groups in total. The first kappa shape index (κ1) is 18.9. The molecule has 0 bridgehead atoms. The van der Waals surface area contributed by atoms with Crippen LogP contribution in [0.15, 0.2) is 29.3 Å². The number of nitrogens with zero attached hydrogens (tertiary/aromatic N) is 3. The smallest absolute Gasteiger partial charge is 0.193 e. The Labute approximate surface area is 150 Å². The zero-order valence-electron chi connectivity index (χ0n) is 14.8. The summed E-state index contributed by atoms with van der Waals surface area (Å²) < 4.78 is 5.07. The minimum absolute atomic E-state index is 0.792. The summed E-state index contributed by atoms with van der Waals surface area (Å²) >= 11 is 6.09. The Balaban J connectivity index is 1.73. The van der Waals surface area contributed by atoms with Crippen LogP contribution >= 0.6 is 11.6 Å². The van der Waals surface area contributed by atoms with E-state index in [-0.39, 0.29) is 0 Å². The van der Waals surface area contributed by atoms with E-state index in [2.05, 4.69) is 26.2 Å². The molecule has 5 nitrogen and oxygen atoms in total. The molecule has 0 spiro atoms. The lowest BCUT2D eigenvalue weighted by Crippen LogP contribution is -2.52. The number of anilines is 1. The predicted octanol–water partition coefficient (Wildman–Crippen LogP) is 2.85. The number of methoxy groups -OCH3 is 1. The van der Waals surface area contributed by atoms with Gasteiger partial charge >= 0.3 is 0 Å². The second kappa shape index (κ2) is 10.4. The first-order valence-electron chi connectivity index (χ1n) is 8.69. The largest absolute Gasteiger partial charge is 0.385 e. The number of guanidine groups is 1. The van der Waals surface area contributed by atoms with E-state index < -0.39 is 0 Å². The molecule has 0 amide bonds. The molecule has 1 fully saturated rings. The molecule has 0 atom stereocenters. The van der Waals surface area contributed by atoms with Gasteiger partial charge in [-0.1, -0.05) is 17.7 Å². The molecule has 1 aliphatic heterocycles. The number of halogens is 1. The number of rotatable bonds is 7. The summed E-state index contributed by atoms with van der Waals surface area (Å²) in [5, 5.41) is 4.27. The van der Waals surface area contributed by atoms with Crippen LogP contribution in [0.4, 0.5) is 5.69 Å². The van der Waals surface area contributed by atoms with Crippen LogP contribution in [0.2, 0.25) is 5.02 Å². The zero-order valence-corrected chi connectivity index (χ0v) is 15.6. The fourth-order valence-corrected chi connectivity index (χ4v) is 3.11. The molecule has 0 saturated carbocycles. The van der Waals surface area contributed by atoms with Gasteiger partial charge in [0.2, 0.25) is 0 Å². The van der Waals surface area contributed by atoms with Crippen LogP contribution in [0.25, 0.3) is 0 Å². The van der Waals surface area contributed by atoms with Gasteiger partial charge in [-0.2, -0.15) is 0 Å². The Morgan fingerprint density at radius 2 is 2.00 bits per heavy atom. The SMILES string of the molecule is CN=C(NCCCCCOC)N1CCN(c2cccc(Cl)c2)CC1. The van der Waals surface area contributed by atoms with Crippen LogP contribution < -0.4 is 10.2 Å². The second-order valence-electron chi connectivity index (χ2n) is 5.98. The summed E-state index contributed by atoms with van der Waals surface area (Å²) in [6.45, 7) is 5.71. The van der Waals surface area contributed by atoms with Crippen molar-refractivity contribution in [3.63, 3.8) is 0 Å². The van der Waals surface area contributed by atoms with Crippen LogP contribution in [-0.2, 0) is 4.74 Å². The van der Waals surface area contributed by atoms with Crippen molar-refractivity contribution in [2.75, 3.05) is 58.4 Å². The van der Waals surface area contributed by atoms with Crippen molar-refractivity contribution in [1.82, 2.24) is 10.2 Å². The number of ether oxygens (including phenoxy) is 1. The van der Waals surface area contributed by atoms with Gasteiger partial charge in [-0.15, -0.1) is 0 Å². The Morgan fingerprint density at radius 3 is 2.67 bits per heavy atom. The molecule has 1 saturated heterocycles. The fraction of sp³-hybridized carbons (Fsp3) is 0.611. The number of piperazine rings is 1. The molecule has 1 aromatic rings. The maximum atomic E-state index is 6.09. The molecule has 0 aliphatic carbocycles. The van der Waals surface area contributed by atoms with E-state index in [9.17, 15) is 0 Å². The lowest BCUT2D eigenvalue weighted by Gasteiger charge is -2.37. The standard InChI is InChI=1S/C18H29ClN4O/c1-20-18(21-9-4-3-5-14-24-2)23-12-10-22(11-13-23)17-8-6-7-16(19)15-17/h6-8,15H,3-5,9-14H2,1-2H3,(H,20,21). The minimum atomic E-state index is 0.792. The molecule has 134 valence electrons. The van der Waals surface area contributed by atoms with Gasteiger partial charge in [0.15, 0.2) is 5.96 Å². The third-order valence-electron chi connectivity index (χ3n) is 4.27. The average Bonchev–Trinajstić information content (AvgIpc) is 2.61. The van der Waals surface area contributed by atoms with Crippen molar-refractivity contribution in [1.29, 1.82) is 0 Å². The van der Waals surface area contributed by atoms with E-state index in [1.165, 1.54) is 12.1 Å². The third kappa shape index (κ3) is 5.87. The molecule has 0 aromatic heterocycles. The Kier molecular flexibility index (Phi) is 8.19. The Morgan fingerprint density at radius 1 is 1.21 bits per heavy atom. The van der Waals surface area contributed by atoms with E-state index in [4.69, 9.17) is 16.3 Å². The van der Waals surface area contributed by atoms with Crippen LogP contribution in [0.5, 0.6) is 0 Å². The monoisotopic (exact) mass is 352 g/mol. The van der Waals surface area contributed by atoms with Gasteiger partial charge in [-0.25, -0.2) is 0 Å². The van der Waals surface area contributed by atoms with Crippen molar-refractivity contribution in [3.8, 4) is 0 Å². The lowest BCUT2D eigenvalue weighted by atomic mass is 10.2. The van der Waals surface area contributed by atoms with E-state index in [0.717, 1.165) is 63.2 Å². The number of hydrogen-bond donors (Lipinski definition) is 1. The van der Waals surface area contributed by atoms with Gasteiger partial charge in [-0.05, 0) is 37.5 Å². The maximum absolute atomic E-state index is 6.09. The first-order chi connectivity index (χ1) is 11.7. The average molecular weight is 353 g/mol. The number of unbranched alkanes of at least 4 members (excludes halogenated alkanes) is 2. The minimum Gasteiger partial charge on any atom is -0.385 e. The van der Waals surface area contributed by atoms with E-state index in [1.807, 2.05) is 25.2 Å². The molecule has 2 rings (SSSR count). The Hall–Kier alpha value is -1.46. The van der Waals surface area contributed by atoms with Crippen molar-refractivity contribution in [3.05, 3.63) is 29.3 Å². The molecule has 24 heavy (non-hydrogen) atoms. The second-order valence-corrected chi connectivity index (χ2v) is 6.42. The highest BCUT2D eigenvalue weighted by atomic mass is 35.5. The first-order valence-corrected chi connectivity index (χ1v) is 9.07. The molecular weight excluding hydrogens is 324 g/mol. The molecule has 1 heterocycles. The number of aliphatic imine (C=N–C) groups is 1. The van der Waals surface area contributed by atoms with Crippen molar-refractivity contribution >= 4 is 23.2 Å². The molecule has 0 unspecified atom stereocenters. The third-order valence-corrected chi connectivity index (χ3v) is 4.51. The highest BCUT2D eigenvalue weighted by Gasteiger charge is 2.19. The van der Waals surface area contributed by atoms with Crippen LogP contribution in [-0.4, -0.2) is 64.3 Å². The van der Waals surface area contributed by atoms with Crippen molar-refractivity contribution in [2.45, 2.75) is 19.3 Å². The van der Waals surface area contributed by atoms with Gasteiger partial charge in [0, 0.05) is 64.2 Å². The summed E-state index contributed by atoms with van der Waals surface area (Å²) in [4.78, 5) is 9.13. The van der Waals surface area contributed by atoms with E-state index >= 15 is 0 Å². The molecule has 6 heteroatoms. The number of hydrogen-bond acceptors (Lipinski definition) is 3. The summed E-state index contributed by atoms with van der Waals surface area (Å²) in [7, 11) is 3.61. The quantitative estimate of drug-likeness (QED) is 0.465. The number of nitrogens with one attached hydrogen (secondary N) is 1. The summed E-state index contributed by atoms with van der Waals surface area (Å²) in [6, 6.07) is 8.08. The summed E-state index contributed by atoms with van der Waals surface area (Å²) in [5.41, 5.74) is 1.20. The topological polar surface area (TPSA) is 40.1 Å². The molecule has 1 aromatic carbocycles. The van der Waals surface area contributed by atoms with Crippen molar-refractivity contribution in [2.24, 2.45) is 4.99 Å². The predicted molar refractivity (Wildman–Crippen MR) is 102 cm³/mol.